The number of rotatable bonds is 2. The maximum Gasteiger partial charge on any atom is 0.0879 e. The lowest BCUT2D eigenvalue weighted by molar-refractivity contribution is -0.0788. The molecule has 0 amide bonds. The molecule has 1 saturated heterocycles. The normalized spacial score (nSPS) is 23.8. The maximum absolute atomic E-state index is 5.93. The number of benzene rings is 1. The molecule has 0 bridgehead atoms. The summed E-state index contributed by atoms with van der Waals surface area (Å²) < 4.78 is 5.93. The van der Waals surface area contributed by atoms with Crippen molar-refractivity contribution in [1.82, 2.24) is 0 Å². The van der Waals surface area contributed by atoms with Crippen LogP contribution in [0.2, 0.25) is 0 Å². The Morgan fingerprint density at radius 2 is 2.00 bits per heavy atom. The molecule has 17 heavy (non-hydrogen) atoms. The molecule has 1 aliphatic heterocycles. The smallest absolute Gasteiger partial charge is 0.0879 e. The zero-order valence-corrected chi connectivity index (χ0v) is 10.9. The molecule has 1 fully saturated rings. The quantitative estimate of drug-likeness (QED) is 0.850. The van der Waals surface area contributed by atoms with E-state index >= 15 is 0 Å². The molecule has 94 valence electrons. The topological polar surface area (TPSA) is 38.5 Å². The minimum Gasteiger partial charge on any atom is -0.367 e. The van der Waals surface area contributed by atoms with Crippen LogP contribution in [0.15, 0.2) is 24.3 Å². The van der Waals surface area contributed by atoms with Gasteiger partial charge in [-0.15, -0.1) is 0 Å². The van der Waals surface area contributed by atoms with E-state index in [0.717, 1.165) is 13.1 Å². The summed E-state index contributed by atoms with van der Waals surface area (Å²) in [5, 5.41) is 0. The Bertz CT molecular complexity index is 372. The second kappa shape index (κ2) is 4.67. The molecule has 3 nitrogen and oxygen atoms in total. The van der Waals surface area contributed by atoms with Gasteiger partial charge < -0.3 is 15.4 Å². The number of anilines is 1. The fourth-order valence-corrected chi connectivity index (χ4v) is 2.37. The molecule has 1 unspecified atom stereocenters. The number of ether oxygens (including phenoxy) is 1. The third kappa shape index (κ3) is 2.99. The number of morpholine rings is 1. The fraction of sp³-hybridized carbons (Fsp3) is 0.571. The molecular formula is C14H22N2O. The van der Waals surface area contributed by atoms with Gasteiger partial charge in [-0.25, -0.2) is 0 Å². The number of aryl methyl sites for hydroxylation is 1. The molecule has 1 heterocycles. The molecule has 0 spiro atoms. The van der Waals surface area contributed by atoms with E-state index in [0.29, 0.717) is 6.54 Å². The highest BCUT2D eigenvalue weighted by Crippen LogP contribution is 2.25. The van der Waals surface area contributed by atoms with Gasteiger partial charge in [0.25, 0.3) is 0 Å². The predicted octanol–water partition coefficient (Wildman–Crippen LogP) is 1.94. The lowest BCUT2D eigenvalue weighted by Crippen LogP contribution is -2.54. The lowest BCUT2D eigenvalue weighted by atomic mass is 10.0. The SMILES string of the molecule is Cc1ccc(N2CC(CN)OC(C)(C)C2)cc1. The van der Waals surface area contributed by atoms with Crippen LogP contribution >= 0.6 is 0 Å². The van der Waals surface area contributed by atoms with Crippen LogP contribution in [0.5, 0.6) is 0 Å². The van der Waals surface area contributed by atoms with Crippen molar-refractivity contribution < 1.29 is 4.74 Å². The Balaban J connectivity index is 2.17. The van der Waals surface area contributed by atoms with Gasteiger partial charge in [0.1, 0.15) is 0 Å². The van der Waals surface area contributed by atoms with Crippen LogP contribution in [0.25, 0.3) is 0 Å². The molecular weight excluding hydrogens is 212 g/mol. The van der Waals surface area contributed by atoms with E-state index in [-0.39, 0.29) is 11.7 Å². The second-order valence-electron chi connectivity index (χ2n) is 5.45. The Morgan fingerprint density at radius 3 is 2.59 bits per heavy atom. The highest BCUT2D eigenvalue weighted by atomic mass is 16.5. The second-order valence-corrected chi connectivity index (χ2v) is 5.45. The predicted molar refractivity (Wildman–Crippen MR) is 71.4 cm³/mol. The van der Waals surface area contributed by atoms with Gasteiger partial charge >= 0.3 is 0 Å². The van der Waals surface area contributed by atoms with Gasteiger partial charge in [0.05, 0.1) is 11.7 Å². The molecule has 1 aromatic rings. The van der Waals surface area contributed by atoms with E-state index < -0.39 is 0 Å². The van der Waals surface area contributed by atoms with Gasteiger partial charge in [0.15, 0.2) is 0 Å². The molecule has 1 aliphatic rings. The van der Waals surface area contributed by atoms with Crippen molar-refractivity contribution in [3.63, 3.8) is 0 Å². The summed E-state index contributed by atoms with van der Waals surface area (Å²) in [5.41, 5.74) is 8.15. The average molecular weight is 234 g/mol. The summed E-state index contributed by atoms with van der Waals surface area (Å²) in [4.78, 5) is 2.36. The number of nitrogens with zero attached hydrogens (tertiary/aromatic N) is 1. The Labute approximate surface area is 104 Å². The summed E-state index contributed by atoms with van der Waals surface area (Å²) in [7, 11) is 0. The van der Waals surface area contributed by atoms with E-state index in [1.54, 1.807) is 0 Å². The Kier molecular flexibility index (Phi) is 3.40. The summed E-state index contributed by atoms with van der Waals surface area (Å²) in [6, 6.07) is 8.64. The van der Waals surface area contributed by atoms with E-state index in [1.165, 1.54) is 11.3 Å². The van der Waals surface area contributed by atoms with Gasteiger partial charge in [0, 0.05) is 25.3 Å². The van der Waals surface area contributed by atoms with Gasteiger partial charge in [-0.05, 0) is 32.9 Å². The summed E-state index contributed by atoms with van der Waals surface area (Å²) >= 11 is 0. The third-order valence-electron chi connectivity index (χ3n) is 3.14. The summed E-state index contributed by atoms with van der Waals surface area (Å²) in [6.45, 7) is 8.71. The first kappa shape index (κ1) is 12.4. The van der Waals surface area contributed by atoms with Crippen LogP contribution in [-0.4, -0.2) is 31.3 Å². The first-order chi connectivity index (χ1) is 8.00. The fourth-order valence-electron chi connectivity index (χ4n) is 2.37. The first-order valence-electron chi connectivity index (χ1n) is 6.20. The van der Waals surface area contributed by atoms with Gasteiger partial charge in [-0.2, -0.15) is 0 Å². The highest BCUT2D eigenvalue weighted by molar-refractivity contribution is 5.48. The molecule has 1 aromatic carbocycles. The summed E-state index contributed by atoms with van der Waals surface area (Å²) in [6.07, 6.45) is 0.125. The largest absolute Gasteiger partial charge is 0.367 e. The van der Waals surface area contributed by atoms with Crippen molar-refractivity contribution in [3.05, 3.63) is 29.8 Å². The van der Waals surface area contributed by atoms with Gasteiger partial charge in [-0.1, -0.05) is 17.7 Å². The monoisotopic (exact) mass is 234 g/mol. The van der Waals surface area contributed by atoms with Crippen LogP contribution in [0.1, 0.15) is 19.4 Å². The van der Waals surface area contributed by atoms with E-state index in [4.69, 9.17) is 10.5 Å². The van der Waals surface area contributed by atoms with Crippen molar-refractivity contribution in [3.8, 4) is 0 Å². The third-order valence-corrected chi connectivity index (χ3v) is 3.14. The van der Waals surface area contributed by atoms with E-state index in [2.05, 4.69) is 49.9 Å². The van der Waals surface area contributed by atoms with Crippen molar-refractivity contribution in [2.75, 3.05) is 24.5 Å². The van der Waals surface area contributed by atoms with Crippen molar-refractivity contribution in [1.29, 1.82) is 0 Å². The van der Waals surface area contributed by atoms with Crippen molar-refractivity contribution in [2.45, 2.75) is 32.5 Å². The zero-order chi connectivity index (χ0) is 12.5. The Hall–Kier alpha value is -1.06. The van der Waals surface area contributed by atoms with E-state index in [1.807, 2.05) is 0 Å². The van der Waals surface area contributed by atoms with E-state index in [9.17, 15) is 0 Å². The van der Waals surface area contributed by atoms with Crippen molar-refractivity contribution >= 4 is 5.69 Å². The maximum atomic E-state index is 5.93. The standard InChI is InChI=1S/C14H22N2O/c1-11-4-6-12(7-5-11)16-9-13(8-15)17-14(2,3)10-16/h4-7,13H,8-10,15H2,1-3H3. The Morgan fingerprint density at radius 1 is 1.35 bits per heavy atom. The highest BCUT2D eigenvalue weighted by Gasteiger charge is 2.32. The number of nitrogens with two attached hydrogens (primary N) is 1. The first-order valence-corrected chi connectivity index (χ1v) is 6.20. The van der Waals surface area contributed by atoms with Crippen LogP contribution < -0.4 is 10.6 Å². The average Bonchev–Trinajstić information content (AvgIpc) is 2.27. The van der Waals surface area contributed by atoms with Gasteiger partial charge in [0.2, 0.25) is 0 Å². The molecule has 2 N–H and O–H groups in total. The number of hydrogen-bond acceptors (Lipinski definition) is 3. The minimum absolute atomic E-state index is 0.125. The van der Waals surface area contributed by atoms with Crippen LogP contribution in [0, 0.1) is 6.92 Å². The van der Waals surface area contributed by atoms with Gasteiger partial charge in [-0.3, -0.25) is 0 Å². The molecule has 3 heteroatoms. The molecule has 0 radical (unpaired) electrons. The molecule has 1 atom stereocenters. The molecule has 0 saturated carbocycles. The minimum atomic E-state index is -0.132. The number of hydrogen-bond donors (Lipinski definition) is 1. The molecule has 0 aromatic heterocycles. The van der Waals surface area contributed by atoms with Crippen LogP contribution in [0.3, 0.4) is 0 Å². The molecule has 0 aliphatic carbocycles. The lowest BCUT2D eigenvalue weighted by Gasteiger charge is -2.43. The molecule has 2 rings (SSSR count). The zero-order valence-electron chi connectivity index (χ0n) is 10.9. The summed E-state index contributed by atoms with van der Waals surface area (Å²) in [5.74, 6) is 0. The van der Waals surface area contributed by atoms with Crippen LogP contribution in [-0.2, 0) is 4.74 Å². The van der Waals surface area contributed by atoms with Crippen LogP contribution in [0.4, 0.5) is 5.69 Å². The van der Waals surface area contributed by atoms with Crippen molar-refractivity contribution in [2.24, 2.45) is 5.73 Å².